The Labute approximate surface area is 139 Å². The Bertz CT molecular complexity index is 1020. The highest BCUT2D eigenvalue weighted by Gasteiger charge is 2.26. The standard InChI is InChI=1S/C20H13N3O/c1-2-8-15-14(7-1)13-21-20(22-15)23-16-9-3-5-11-18(16)24-19-12-6-4-10-17(19)23/h1-13H. The first kappa shape index (κ1) is 13.1. The Morgan fingerprint density at radius 3 is 2.08 bits per heavy atom. The van der Waals surface area contributed by atoms with Crippen LogP contribution >= 0.6 is 0 Å². The zero-order valence-corrected chi connectivity index (χ0v) is 12.8. The van der Waals surface area contributed by atoms with Crippen LogP contribution in [0.15, 0.2) is 79.0 Å². The summed E-state index contributed by atoms with van der Waals surface area (Å²) < 4.78 is 6.02. The van der Waals surface area contributed by atoms with Gasteiger partial charge in [-0.25, -0.2) is 9.97 Å². The number of ether oxygens (including phenoxy) is 1. The normalized spacial score (nSPS) is 12.4. The molecule has 0 radical (unpaired) electrons. The smallest absolute Gasteiger partial charge is 0.235 e. The lowest BCUT2D eigenvalue weighted by atomic mass is 10.1. The maximum absolute atomic E-state index is 6.02. The van der Waals surface area contributed by atoms with E-state index >= 15 is 0 Å². The Hall–Kier alpha value is -3.40. The molecule has 4 nitrogen and oxygen atoms in total. The van der Waals surface area contributed by atoms with Crippen molar-refractivity contribution in [3.63, 3.8) is 0 Å². The highest BCUT2D eigenvalue weighted by molar-refractivity contribution is 5.86. The Morgan fingerprint density at radius 1 is 0.708 bits per heavy atom. The predicted molar refractivity (Wildman–Crippen MR) is 94.3 cm³/mol. The lowest BCUT2D eigenvalue weighted by Crippen LogP contribution is -2.17. The summed E-state index contributed by atoms with van der Waals surface area (Å²) in [7, 11) is 0. The monoisotopic (exact) mass is 311 g/mol. The van der Waals surface area contributed by atoms with Crippen LogP contribution in [0.2, 0.25) is 0 Å². The molecule has 2 heterocycles. The molecular weight excluding hydrogens is 298 g/mol. The number of rotatable bonds is 1. The molecule has 0 atom stereocenters. The molecule has 0 amide bonds. The van der Waals surface area contributed by atoms with Gasteiger partial charge in [0.1, 0.15) is 0 Å². The molecule has 24 heavy (non-hydrogen) atoms. The predicted octanol–water partition coefficient (Wildman–Crippen LogP) is 5.21. The van der Waals surface area contributed by atoms with Crippen molar-refractivity contribution >= 4 is 28.2 Å². The van der Waals surface area contributed by atoms with Crippen LogP contribution in [0.25, 0.3) is 10.9 Å². The van der Waals surface area contributed by atoms with Crippen molar-refractivity contribution in [2.75, 3.05) is 4.90 Å². The van der Waals surface area contributed by atoms with Gasteiger partial charge >= 0.3 is 0 Å². The van der Waals surface area contributed by atoms with Crippen molar-refractivity contribution in [2.45, 2.75) is 0 Å². The topological polar surface area (TPSA) is 38.2 Å². The highest BCUT2D eigenvalue weighted by Crippen LogP contribution is 2.49. The molecule has 1 aromatic heterocycles. The molecule has 0 bridgehead atoms. The van der Waals surface area contributed by atoms with Gasteiger partial charge in [0.25, 0.3) is 0 Å². The van der Waals surface area contributed by atoms with Gasteiger partial charge in [-0.2, -0.15) is 0 Å². The van der Waals surface area contributed by atoms with Crippen molar-refractivity contribution in [3.05, 3.63) is 79.0 Å². The molecule has 0 spiro atoms. The third-order valence-corrected chi connectivity index (χ3v) is 4.11. The second-order valence-corrected chi connectivity index (χ2v) is 5.60. The van der Waals surface area contributed by atoms with Gasteiger partial charge in [0.2, 0.25) is 5.95 Å². The minimum absolute atomic E-state index is 0.636. The highest BCUT2D eigenvalue weighted by atomic mass is 16.5. The van der Waals surface area contributed by atoms with E-state index in [0.29, 0.717) is 5.95 Å². The molecule has 3 aromatic carbocycles. The molecule has 4 heteroatoms. The van der Waals surface area contributed by atoms with E-state index in [1.807, 2.05) is 83.9 Å². The van der Waals surface area contributed by atoms with E-state index in [1.54, 1.807) is 0 Å². The molecule has 0 saturated heterocycles. The Kier molecular flexibility index (Phi) is 2.76. The third-order valence-electron chi connectivity index (χ3n) is 4.11. The number of benzene rings is 3. The summed E-state index contributed by atoms with van der Waals surface area (Å²) in [5.41, 5.74) is 2.79. The lowest BCUT2D eigenvalue weighted by Gasteiger charge is -2.31. The number of fused-ring (bicyclic) bond motifs is 3. The van der Waals surface area contributed by atoms with Crippen molar-refractivity contribution in [2.24, 2.45) is 0 Å². The largest absolute Gasteiger partial charge is 0.453 e. The number of nitrogens with zero attached hydrogens (tertiary/aromatic N) is 3. The minimum Gasteiger partial charge on any atom is -0.453 e. The first-order chi connectivity index (χ1) is 11.9. The number of anilines is 3. The molecule has 0 N–H and O–H groups in total. The fraction of sp³-hybridized carbons (Fsp3) is 0. The summed E-state index contributed by atoms with van der Waals surface area (Å²) in [4.78, 5) is 11.4. The van der Waals surface area contributed by atoms with Crippen LogP contribution in [-0.4, -0.2) is 9.97 Å². The van der Waals surface area contributed by atoms with Gasteiger partial charge in [-0.1, -0.05) is 42.5 Å². The summed E-state index contributed by atoms with van der Waals surface area (Å²) in [6.45, 7) is 0. The van der Waals surface area contributed by atoms with E-state index < -0.39 is 0 Å². The molecule has 1 aliphatic rings. The van der Waals surface area contributed by atoms with Crippen LogP contribution in [-0.2, 0) is 0 Å². The SMILES string of the molecule is c1ccc2c(c1)Oc1ccccc1N2c1ncc2ccccc2n1. The van der Waals surface area contributed by atoms with E-state index in [1.165, 1.54) is 0 Å². The molecule has 1 aliphatic heterocycles. The third kappa shape index (κ3) is 1.93. The lowest BCUT2D eigenvalue weighted by molar-refractivity contribution is 0.476. The quantitative estimate of drug-likeness (QED) is 0.426. The van der Waals surface area contributed by atoms with Crippen LogP contribution in [0, 0.1) is 0 Å². The van der Waals surface area contributed by atoms with Crippen LogP contribution in [0.4, 0.5) is 17.3 Å². The molecule has 114 valence electrons. The second-order valence-electron chi connectivity index (χ2n) is 5.60. The fourth-order valence-electron chi connectivity index (χ4n) is 2.99. The van der Waals surface area contributed by atoms with Crippen LogP contribution < -0.4 is 9.64 Å². The zero-order valence-electron chi connectivity index (χ0n) is 12.8. The molecule has 4 aromatic rings. The summed E-state index contributed by atoms with van der Waals surface area (Å²) in [6, 6.07) is 23.9. The van der Waals surface area contributed by atoms with Gasteiger partial charge in [0.05, 0.1) is 16.9 Å². The van der Waals surface area contributed by atoms with Gasteiger partial charge in [-0.3, -0.25) is 4.90 Å². The molecule has 0 aliphatic carbocycles. The summed E-state index contributed by atoms with van der Waals surface area (Å²) in [6.07, 6.45) is 1.86. The van der Waals surface area contributed by atoms with E-state index in [0.717, 1.165) is 33.8 Å². The maximum Gasteiger partial charge on any atom is 0.235 e. The first-order valence-electron chi connectivity index (χ1n) is 7.78. The molecule has 5 rings (SSSR count). The van der Waals surface area contributed by atoms with Gasteiger partial charge in [-0.05, 0) is 30.3 Å². The van der Waals surface area contributed by atoms with E-state index in [9.17, 15) is 0 Å². The summed E-state index contributed by atoms with van der Waals surface area (Å²) in [5, 5.41) is 1.02. The van der Waals surface area contributed by atoms with Crippen molar-refractivity contribution in [1.29, 1.82) is 0 Å². The average Bonchev–Trinajstić information content (AvgIpc) is 2.65. The van der Waals surface area contributed by atoms with Crippen molar-refractivity contribution in [1.82, 2.24) is 9.97 Å². The number of hydrogen-bond acceptors (Lipinski definition) is 4. The Morgan fingerprint density at radius 2 is 1.33 bits per heavy atom. The summed E-state index contributed by atoms with van der Waals surface area (Å²) in [5.74, 6) is 2.23. The van der Waals surface area contributed by atoms with E-state index in [2.05, 4.69) is 4.98 Å². The number of aromatic nitrogens is 2. The van der Waals surface area contributed by atoms with Crippen LogP contribution in [0.3, 0.4) is 0 Å². The van der Waals surface area contributed by atoms with Gasteiger partial charge in [0, 0.05) is 11.6 Å². The zero-order chi connectivity index (χ0) is 15.9. The molecule has 0 fully saturated rings. The number of hydrogen-bond donors (Lipinski definition) is 0. The Balaban J connectivity index is 1.77. The van der Waals surface area contributed by atoms with Gasteiger partial charge in [0.15, 0.2) is 11.5 Å². The molecule has 0 saturated carbocycles. The maximum atomic E-state index is 6.02. The second kappa shape index (κ2) is 5.06. The number of para-hydroxylation sites is 5. The van der Waals surface area contributed by atoms with Gasteiger partial charge in [-0.15, -0.1) is 0 Å². The average molecular weight is 311 g/mol. The van der Waals surface area contributed by atoms with Crippen molar-refractivity contribution in [3.8, 4) is 11.5 Å². The molecular formula is C20H13N3O. The van der Waals surface area contributed by atoms with E-state index in [4.69, 9.17) is 9.72 Å². The first-order valence-corrected chi connectivity index (χ1v) is 7.78. The fourth-order valence-corrected chi connectivity index (χ4v) is 2.99. The van der Waals surface area contributed by atoms with E-state index in [-0.39, 0.29) is 0 Å². The van der Waals surface area contributed by atoms with Crippen molar-refractivity contribution < 1.29 is 4.74 Å². The van der Waals surface area contributed by atoms with Crippen LogP contribution in [0.1, 0.15) is 0 Å². The van der Waals surface area contributed by atoms with Crippen LogP contribution in [0.5, 0.6) is 11.5 Å². The molecule has 0 unspecified atom stereocenters. The summed E-state index contributed by atoms with van der Waals surface area (Å²) >= 11 is 0. The van der Waals surface area contributed by atoms with Gasteiger partial charge < -0.3 is 4.74 Å². The minimum atomic E-state index is 0.636.